The maximum absolute atomic E-state index is 13.7. The number of allylic oxidation sites excluding steroid dienone is 2. The number of anilines is 3. The zero-order valence-corrected chi connectivity index (χ0v) is 24.8. The number of hydrogen-bond donors (Lipinski definition) is 4. The molecule has 3 amide bonds. The van der Waals surface area contributed by atoms with E-state index < -0.39 is 35.3 Å². The van der Waals surface area contributed by atoms with Crippen LogP contribution in [0.25, 0.3) is 15.8 Å². The van der Waals surface area contributed by atoms with Gasteiger partial charge in [-0.25, -0.2) is 9.78 Å². The van der Waals surface area contributed by atoms with Crippen molar-refractivity contribution in [2.75, 3.05) is 22.5 Å². The maximum Gasteiger partial charge on any atom is 0.418 e. The third kappa shape index (κ3) is 7.79. The minimum Gasteiger partial charge on any atom is -0.481 e. The number of aromatic nitrogens is 1. The Labute approximate surface area is 260 Å². The molecule has 13 heteroatoms. The van der Waals surface area contributed by atoms with Crippen LogP contribution >= 0.6 is 11.3 Å². The second-order valence-corrected chi connectivity index (χ2v) is 11.6. The van der Waals surface area contributed by atoms with Crippen molar-refractivity contribution in [1.82, 2.24) is 10.3 Å². The average molecular weight is 638 g/mol. The van der Waals surface area contributed by atoms with E-state index in [2.05, 4.69) is 21.7 Å². The molecule has 0 fully saturated rings. The van der Waals surface area contributed by atoms with Crippen LogP contribution < -0.4 is 21.3 Å². The number of thiazole rings is 1. The summed E-state index contributed by atoms with van der Waals surface area (Å²) in [4.78, 5) is 42.4. The van der Waals surface area contributed by atoms with Crippen LogP contribution in [0.2, 0.25) is 0 Å². The van der Waals surface area contributed by atoms with Crippen LogP contribution in [0.4, 0.5) is 34.5 Å². The molecule has 234 valence electrons. The third-order valence-corrected chi connectivity index (χ3v) is 8.28. The molecule has 5 N–H and O–H groups in total. The first-order chi connectivity index (χ1) is 21.5. The summed E-state index contributed by atoms with van der Waals surface area (Å²) < 4.78 is 40.5. The lowest BCUT2D eigenvalue weighted by Gasteiger charge is -2.23. The Balaban J connectivity index is 1.39. The van der Waals surface area contributed by atoms with E-state index in [1.54, 1.807) is 24.3 Å². The van der Waals surface area contributed by atoms with Gasteiger partial charge in [0.1, 0.15) is 0 Å². The second-order valence-electron chi connectivity index (χ2n) is 10.6. The van der Waals surface area contributed by atoms with Crippen molar-refractivity contribution in [1.29, 1.82) is 0 Å². The van der Waals surface area contributed by atoms with E-state index in [0.717, 1.165) is 48.6 Å². The Bertz CT molecular complexity index is 1750. The molecule has 0 spiro atoms. The summed E-state index contributed by atoms with van der Waals surface area (Å²) in [6, 6.07) is 15.6. The first kappa shape index (κ1) is 31.5. The monoisotopic (exact) mass is 637 g/mol. The highest BCUT2D eigenvalue weighted by Gasteiger charge is 2.33. The van der Waals surface area contributed by atoms with E-state index in [-0.39, 0.29) is 30.2 Å². The van der Waals surface area contributed by atoms with Crippen molar-refractivity contribution in [3.8, 4) is 0 Å². The van der Waals surface area contributed by atoms with Crippen LogP contribution in [0.15, 0.2) is 66.7 Å². The number of carbonyl (C=O) groups is 3. The number of urea groups is 1. The normalized spacial score (nSPS) is 13.3. The number of nitrogens with zero attached hydrogens (tertiary/aromatic N) is 2. The van der Waals surface area contributed by atoms with Crippen molar-refractivity contribution < 1.29 is 32.7 Å². The number of nitrogen functional groups attached to an aromatic ring is 1. The van der Waals surface area contributed by atoms with Gasteiger partial charge in [-0.05, 0) is 78.8 Å². The van der Waals surface area contributed by atoms with Crippen LogP contribution in [0, 0.1) is 0 Å². The number of amides is 3. The highest BCUT2D eigenvalue weighted by Crippen LogP contribution is 2.38. The maximum atomic E-state index is 13.7. The minimum absolute atomic E-state index is 0.00730. The standard InChI is InChI=1S/C32H30F3N5O4S/c33-32(34,35)24-16-26-27(17-25(24)36)45-30(38-26)39-31(44)40(23-12-10-21(11-13-23)20-4-2-1-3-5-20)18-19-6-8-22(9-7-19)29(43)37-15-14-28(41)42/h4,6-13,16-17H,1-3,5,14-15,18,36H2,(H,37,43)(H,41,42)(H,38,39,44). The number of alkyl halides is 3. The lowest BCUT2D eigenvalue weighted by molar-refractivity contribution is -0.137. The molecular weight excluding hydrogens is 607 g/mol. The molecule has 1 aliphatic carbocycles. The molecule has 0 radical (unpaired) electrons. The van der Waals surface area contributed by atoms with Gasteiger partial charge in [-0.1, -0.05) is 41.7 Å². The van der Waals surface area contributed by atoms with Gasteiger partial charge in [-0.15, -0.1) is 0 Å². The fourth-order valence-electron chi connectivity index (χ4n) is 5.01. The predicted octanol–water partition coefficient (Wildman–Crippen LogP) is 7.30. The van der Waals surface area contributed by atoms with Crippen molar-refractivity contribution in [2.45, 2.75) is 44.8 Å². The summed E-state index contributed by atoms with van der Waals surface area (Å²) in [7, 11) is 0. The molecule has 3 aromatic carbocycles. The Hall–Kier alpha value is -4.91. The smallest absolute Gasteiger partial charge is 0.418 e. The fourth-order valence-corrected chi connectivity index (χ4v) is 5.90. The summed E-state index contributed by atoms with van der Waals surface area (Å²) >= 11 is 1.01. The molecule has 4 aromatic rings. The summed E-state index contributed by atoms with van der Waals surface area (Å²) in [6.45, 7) is 0.0947. The number of carboxylic acid groups (broad SMARTS) is 1. The van der Waals surface area contributed by atoms with E-state index >= 15 is 0 Å². The predicted molar refractivity (Wildman–Crippen MR) is 168 cm³/mol. The van der Waals surface area contributed by atoms with E-state index in [0.29, 0.717) is 21.5 Å². The van der Waals surface area contributed by atoms with E-state index in [4.69, 9.17) is 10.8 Å². The number of carbonyl (C=O) groups excluding carboxylic acids is 2. The lowest BCUT2D eigenvalue weighted by Crippen LogP contribution is -2.34. The SMILES string of the molecule is Nc1cc2sc(NC(=O)N(Cc3ccc(C(=O)NCCC(=O)O)cc3)c3ccc(C4=CCCCC4)cc3)nc2cc1C(F)(F)F. The zero-order chi connectivity index (χ0) is 32.1. The Kier molecular flexibility index (Phi) is 9.37. The summed E-state index contributed by atoms with van der Waals surface area (Å²) in [5.74, 6) is -1.44. The number of aliphatic carboxylic acids is 1. The number of hydrogen-bond acceptors (Lipinski definition) is 6. The number of rotatable bonds is 9. The topological polar surface area (TPSA) is 138 Å². The van der Waals surface area contributed by atoms with E-state index in [1.807, 2.05) is 24.3 Å². The van der Waals surface area contributed by atoms with Gasteiger partial charge in [0.2, 0.25) is 0 Å². The molecule has 1 heterocycles. The molecule has 0 bridgehead atoms. The molecule has 0 atom stereocenters. The number of halogens is 3. The minimum atomic E-state index is -4.64. The number of carboxylic acids is 1. The fraction of sp³-hybridized carbons (Fsp3) is 0.250. The Morgan fingerprint density at radius 2 is 1.76 bits per heavy atom. The Morgan fingerprint density at radius 1 is 1.02 bits per heavy atom. The lowest BCUT2D eigenvalue weighted by atomic mass is 9.93. The molecule has 0 unspecified atom stereocenters. The van der Waals surface area contributed by atoms with Crippen LogP contribution in [-0.2, 0) is 17.5 Å². The summed E-state index contributed by atoms with van der Waals surface area (Å²) in [5.41, 5.74) is 8.21. The van der Waals surface area contributed by atoms with Crippen LogP contribution in [0.3, 0.4) is 0 Å². The molecule has 1 aliphatic rings. The molecule has 45 heavy (non-hydrogen) atoms. The van der Waals surface area contributed by atoms with Crippen molar-refractivity contribution in [3.05, 3.63) is 89.0 Å². The molecular formula is C32H30F3N5O4S. The highest BCUT2D eigenvalue weighted by atomic mass is 32.1. The first-order valence-electron chi connectivity index (χ1n) is 14.2. The average Bonchev–Trinajstić information content (AvgIpc) is 3.40. The van der Waals surface area contributed by atoms with Crippen molar-refractivity contribution in [2.24, 2.45) is 0 Å². The van der Waals surface area contributed by atoms with Crippen molar-refractivity contribution in [3.63, 3.8) is 0 Å². The number of benzene rings is 3. The van der Waals surface area contributed by atoms with E-state index in [1.165, 1.54) is 16.5 Å². The van der Waals surface area contributed by atoms with Gasteiger partial charge in [0.05, 0.1) is 28.7 Å². The third-order valence-electron chi connectivity index (χ3n) is 7.35. The molecule has 5 rings (SSSR count). The van der Waals surface area contributed by atoms with Gasteiger partial charge in [0, 0.05) is 23.5 Å². The summed E-state index contributed by atoms with van der Waals surface area (Å²) in [5, 5.41) is 14.1. The van der Waals surface area contributed by atoms with Gasteiger partial charge in [-0.2, -0.15) is 13.2 Å². The van der Waals surface area contributed by atoms with Gasteiger partial charge < -0.3 is 16.2 Å². The summed E-state index contributed by atoms with van der Waals surface area (Å²) in [6.07, 6.45) is 1.68. The zero-order valence-electron chi connectivity index (χ0n) is 24.0. The van der Waals surface area contributed by atoms with Gasteiger partial charge >= 0.3 is 18.2 Å². The molecule has 1 aromatic heterocycles. The second kappa shape index (κ2) is 13.4. The first-order valence-corrected chi connectivity index (χ1v) is 15.0. The molecule has 0 saturated carbocycles. The van der Waals surface area contributed by atoms with Gasteiger partial charge in [0.25, 0.3) is 5.91 Å². The molecule has 0 aliphatic heterocycles. The van der Waals surface area contributed by atoms with Gasteiger partial charge in [-0.3, -0.25) is 19.8 Å². The molecule has 0 saturated heterocycles. The van der Waals surface area contributed by atoms with E-state index in [9.17, 15) is 27.6 Å². The largest absolute Gasteiger partial charge is 0.481 e. The molecule has 9 nitrogen and oxygen atoms in total. The quantitative estimate of drug-likeness (QED) is 0.142. The Morgan fingerprint density at radius 3 is 2.40 bits per heavy atom. The number of nitrogens with one attached hydrogen (secondary N) is 2. The van der Waals surface area contributed by atoms with Crippen LogP contribution in [-0.4, -0.2) is 34.5 Å². The highest BCUT2D eigenvalue weighted by molar-refractivity contribution is 7.22. The van der Waals surface area contributed by atoms with Crippen LogP contribution in [0.1, 0.15) is 59.2 Å². The van der Waals surface area contributed by atoms with Crippen molar-refractivity contribution >= 4 is 61.5 Å². The van der Waals surface area contributed by atoms with Crippen LogP contribution in [0.5, 0.6) is 0 Å². The number of nitrogens with two attached hydrogens (primary N) is 1. The van der Waals surface area contributed by atoms with Gasteiger partial charge in [0.15, 0.2) is 5.13 Å². The number of fused-ring (bicyclic) bond motifs is 1.